The Bertz CT molecular complexity index is 2550. The molecule has 0 aliphatic carbocycles. The van der Waals surface area contributed by atoms with Crippen LogP contribution in [-0.4, -0.2) is 119 Å². The summed E-state index contributed by atoms with van der Waals surface area (Å²) in [6, 6.07) is 12.3. The first kappa shape index (κ1) is 42.5. The van der Waals surface area contributed by atoms with Gasteiger partial charge in [-0.3, -0.25) is 29.3 Å². The number of benzene rings is 2. The highest BCUT2D eigenvalue weighted by molar-refractivity contribution is 6.33. The molecule has 16 nitrogen and oxygen atoms in total. The molecule has 3 N–H and O–H groups in total. The average Bonchev–Trinajstić information content (AvgIpc) is 3.57. The van der Waals surface area contributed by atoms with Crippen molar-refractivity contribution in [3.8, 4) is 5.75 Å². The number of likely N-dealkylation sites (tertiary alicyclic amines) is 1. The summed E-state index contributed by atoms with van der Waals surface area (Å²) in [7, 11) is 1.50. The van der Waals surface area contributed by atoms with Crippen LogP contribution in [0.4, 0.5) is 27.5 Å². The Morgan fingerprint density at radius 1 is 1.00 bits per heavy atom. The van der Waals surface area contributed by atoms with Crippen LogP contribution < -0.4 is 36.0 Å². The molecular formula is C45H52ClFN10O6. The van der Waals surface area contributed by atoms with Gasteiger partial charge in [0.15, 0.2) is 18.2 Å². The van der Waals surface area contributed by atoms with E-state index in [9.17, 15) is 24.0 Å². The third-order valence-corrected chi connectivity index (χ3v) is 13.7. The Kier molecular flexibility index (Phi) is 11.3. The Morgan fingerprint density at radius 2 is 1.76 bits per heavy atom. The Balaban J connectivity index is 0.773. The summed E-state index contributed by atoms with van der Waals surface area (Å²) in [6.07, 6.45) is 4.80. The van der Waals surface area contributed by atoms with Gasteiger partial charge in [-0.05, 0) is 94.2 Å². The van der Waals surface area contributed by atoms with Crippen LogP contribution in [0.5, 0.6) is 5.75 Å². The number of likely N-dealkylation sites (N-methyl/N-ethyl adjacent to an activating group) is 1. The number of alkyl halides is 1. The largest absolute Gasteiger partial charge is 0.478 e. The van der Waals surface area contributed by atoms with E-state index in [2.05, 4.69) is 36.8 Å². The van der Waals surface area contributed by atoms with E-state index in [4.69, 9.17) is 21.3 Å². The summed E-state index contributed by atoms with van der Waals surface area (Å²) in [5.74, 6) is -0.301. The second-order valence-corrected chi connectivity index (χ2v) is 18.4. The van der Waals surface area contributed by atoms with Crippen molar-refractivity contribution in [1.82, 2.24) is 35.0 Å². The van der Waals surface area contributed by atoms with Gasteiger partial charge in [-0.2, -0.15) is 4.98 Å². The van der Waals surface area contributed by atoms with Crippen LogP contribution >= 0.6 is 11.6 Å². The van der Waals surface area contributed by atoms with Crippen molar-refractivity contribution in [2.24, 2.45) is 5.41 Å². The van der Waals surface area contributed by atoms with E-state index in [1.54, 1.807) is 21.7 Å². The monoisotopic (exact) mass is 882 g/mol. The van der Waals surface area contributed by atoms with Crippen molar-refractivity contribution >= 4 is 69.3 Å². The van der Waals surface area contributed by atoms with Gasteiger partial charge in [0.05, 0.1) is 11.7 Å². The zero-order chi connectivity index (χ0) is 44.2. The van der Waals surface area contributed by atoms with E-state index in [0.29, 0.717) is 79.0 Å². The predicted octanol–water partition coefficient (Wildman–Crippen LogP) is 4.57. The number of nitrogens with one attached hydrogen (secondary N) is 3. The van der Waals surface area contributed by atoms with E-state index in [-0.39, 0.29) is 53.5 Å². The lowest BCUT2D eigenvalue weighted by Gasteiger charge is -2.55. The summed E-state index contributed by atoms with van der Waals surface area (Å²) in [5, 5.41) is 9.18. The number of carbonyl (C=O) groups is 4. The molecule has 7 heterocycles. The molecule has 332 valence electrons. The number of hydrogen-bond donors (Lipinski definition) is 3. The van der Waals surface area contributed by atoms with Crippen molar-refractivity contribution in [1.29, 1.82) is 0 Å². The third kappa shape index (κ3) is 8.40. The summed E-state index contributed by atoms with van der Waals surface area (Å²) in [6.45, 7) is 8.71. The fourth-order valence-electron chi connectivity index (χ4n) is 9.84. The minimum absolute atomic E-state index is 0.0692. The number of anilines is 4. The molecular weight excluding hydrogens is 831 g/mol. The first-order chi connectivity index (χ1) is 30.2. The number of pyridine rings is 1. The van der Waals surface area contributed by atoms with Crippen molar-refractivity contribution < 1.29 is 28.3 Å². The van der Waals surface area contributed by atoms with E-state index in [1.165, 1.54) is 7.05 Å². The number of amides is 4. The molecule has 4 aromatic rings. The fraction of sp³-hybridized carbons (Fsp3) is 0.489. The molecule has 2 aromatic heterocycles. The van der Waals surface area contributed by atoms with Crippen LogP contribution in [0.1, 0.15) is 74.3 Å². The summed E-state index contributed by atoms with van der Waals surface area (Å²) < 4.78 is 23.7. The molecule has 0 radical (unpaired) electrons. The number of hydrogen-bond acceptors (Lipinski definition) is 12. The van der Waals surface area contributed by atoms with Crippen LogP contribution in [0, 0.1) is 5.41 Å². The standard InChI is InChI=1S/C45H52ClFN10O6/c1-27(2)57-34-7-4-30(18-28(34)20-36(42(57)62)63-23-38(59)48-3)50-39-33(46)21-49-43(52-39)54-16-12-45(47,13-17-54)26-53-14-10-44(11-15-53)24-55(25-44)31-5-6-32-29(19-31)22-56(41(32)61)35-8-9-37(58)51-40(35)60/h4-7,18-21,27,35H,8-17,22-26H2,1-3H3,(H,48,59)(H,49,50,52)(H,51,58,60). The molecule has 5 aliphatic heterocycles. The van der Waals surface area contributed by atoms with Crippen molar-refractivity contribution in [2.45, 2.75) is 76.7 Å². The number of imide groups is 1. The second kappa shape index (κ2) is 16.7. The van der Waals surface area contributed by atoms with Crippen LogP contribution in [0.25, 0.3) is 10.9 Å². The Hall–Kier alpha value is -5.81. The summed E-state index contributed by atoms with van der Waals surface area (Å²) in [5.41, 5.74) is 2.49. The second-order valence-electron chi connectivity index (χ2n) is 18.0. The van der Waals surface area contributed by atoms with Crippen LogP contribution in [0.3, 0.4) is 0 Å². The van der Waals surface area contributed by atoms with Gasteiger partial charge >= 0.3 is 0 Å². The summed E-state index contributed by atoms with van der Waals surface area (Å²) in [4.78, 5) is 79.8. The molecule has 2 aromatic carbocycles. The normalized spacial score (nSPS) is 20.8. The number of aromatic nitrogens is 3. The first-order valence-electron chi connectivity index (χ1n) is 21.7. The lowest BCUT2D eigenvalue weighted by atomic mass is 9.71. The smallest absolute Gasteiger partial charge is 0.293 e. The highest BCUT2D eigenvalue weighted by atomic mass is 35.5. The zero-order valence-electron chi connectivity index (χ0n) is 35.7. The number of fused-ring (bicyclic) bond motifs is 2. The van der Waals surface area contributed by atoms with Crippen molar-refractivity contribution in [2.75, 3.05) is 74.6 Å². The number of nitrogens with zero attached hydrogens (tertiary/aromatic N) is 7. The lowest BCUT2D eigenvalue weighted by molar-refractivity contribution is -0.137. The van der Waals surface area contributed by atoms with Gasteiger partial charge in [0.1, 0.15) is 16.7 Å². The third-order valence-electron chi connectivity index (χ3n) is 13.4. The zero-order valence-corrected chi connectivity index (χ0v) is 36.5. The van der Waals surface area contributed by atoms with Crippen LogP contribution in [-0.2, 0) is 20.9 Å². The lowest BCUT2D eigenvalue weighted by Crippen LogP contribution is -2.61. The van der Waals surface area contributed by atoms with Gasteiger partial charge in [-0.25, -0.2) is 9.37 Å². The Labute approximate surface area is 369 Å². The number of rotatable bonds is 11. The number of halogens is 2. The van der Waals surface area contributed by atoms with Gasteiger partial charge in [-0.15, -0.1) is 0 Å². The molecule has 9 rings (SSSR count). The van der Waals surface area contributed by atoms with Gasteiger partial charge in [0.2, 0.25) is 17.8 Å². The van der Waals surface area contributed by atoms with Gasteiger partial charge in [-0.1, -0.05) is 11.6 Å². The maximum Gasteiger partial charge on any atom is 0.293 e. The molecule has 1 atom stereocenters. The average molecular weight is 883 g/mol. The maximum atomic E-state index is 16.5. The number of piperidine rings is 3. The minimum Gasteiger partial charge on any atom is -0.478 e. The highest BCUT2D eigenvalue weighted by Gasteiger charge is 2.47. The Morgan fingerprint density at radius 3 is 2.48 bits per heavy atom. The maximum absolute atomic E-state index is 16.5. The molecule has 5 aliphatic rings. The van der Waals surface area contributed by atoms with E-state index in [0.717, 1.165) is 55.7 Å². The quantitative estimate of drug-likeness (QED) is 0.180. The SMILES string of the molecule is CNC(=O)COc1cc2cc(Nc3nc(N4CCC(F)(CN5CCC6(CC5)CN(c5ccc7c(c5)CN(C5CCC(=O)NC5=O)C7=O)C6)CC4)ncc3Cl)ccc2n(C(C)C)c1=O. The molecule has 4 fully saturated rings. The van der Waals surface area contributed by atoms with E-state index < -0.39 is 17.6 Å². The molecule has 0 saturated carbocycles. The van der Waals surface area contributed by atoms with Crippen LogP contribution in [0.2, 0.25) is 5.02 Å². The fourth-order valence-corrected chi connectivity index (χ4v) is 9.97. The summed E-state index contributed by atoms with van der Waals surface area (Å²) >= 11 is 6.58. The van der Waals surface area contributed by atoms with Crippen molar-refractivity contribution in [3.63, 3.8) is 0 Å². The van der Waals surface area contributed by atoms with Gasteiger partial charge < -0.3 is 39.5 Å². The van der Waals surface area contributed by atoms with E-state index >= 15 is 4.39 Å². The topological polar surface area (TPSA) is 174 Å². The van der Waals surface area contributed by atoms with E-state index in [1.807, 2.05) is 49.1 Å². The number of carbonyl (C=O) groups excluding carboxylic acids is 4. The van der Waals surface area contributed by atoms with Crippen molar-refractivity contribution in [3.05, 3.63) is 75.2 Å². The molecule has 18 heteroatoms. The molecule has 4 amide bonds. The van der Waals surface area contributed by atoms with Crippen LogP contribution in [0.15, 0.2) is 53.5 Å². The highest BCUT2D eigenvalue weighted by Crippen LogP contribution is 2.44. The molecule has 1 unspecified atom stereocenters. The molecule has 1 spiro atoms. The predicted molar refractivity (Wildman–Crippen MR) is 237 cm³/mol. The first-order valence-corrected chi connectivity index (χ1v) is 22.1. The van der Waals surface area contributed by atoms with Gasteiger partial charge in [0, 0.05) is 99.4 Å². The minimum atomic E-state index is -1.32. The molecule has 0 bridgehead atoms. The molecule has 4 saturated heterocycles. The molecule has 63 heavy (non-hydrogen) atoms. The number of ether oxygens (including phenoxy) is 1. The van der Waals surface area contributed by atoms with Gasteiger partial charge in [0.25, 0.3) is 17.4 Å².